The van der Waals surface area contributed by atoms with Crippen LogP contribution in [0, 0.1) is 11.8 Å². The molecule has 25 heavy (non-hydrogen) atoms. The fourth-order valence-electron chi connectivity index (χ4n) is 3.69. The second-order valence-corrected chi connectivity index (χ2v) is 7.02. The predicted molar refractivity (Wildman–Crippen MR) is 97.8 cm³/mol. The third-order valence-electron chi connectivity index (χ3n) is 5.35. The normalized spacial score (nSPS) is 22.6. The zero-order valence-corrected chi connectivity index (χ0v) is 14.9. The van der Waals surface area contributed by atoms with Crippen molar-refractivity contribution < 1.29 is 14.3 Å². The Balaban J connectivity index is 1.45. The van der Waals surface area contributed by atoms with Crippen LogP contribution in [0.25, 0.3) is 0 Å². The van der Waals surface area contributed by atoms with Crippen LogP contribution in [0.4, 0.5) is 5.69 Å². The van der Waals surface area contributed by atoms with E-state index in [0.29, 0.717) is 25.7 Å². The first kappa shape index (κ1) is 18.0. The number of hydrogen-bond donors (Lipinski definition) is 2. The van der Waals surface area contributed by atoms with E-state index in [2.05, 4.69) is 22.3 Å². The van der Waals surface area contributed by atoms with Gasteiger partial charge >= 0.3 is 0 Å². The molecule has 1 amide bonds. The monoisotopic (exact) mass is 347 g/mol. The molecule has 2 saturated heterocycles. The van der Waals surface area contributed by atoms with Gasteiger partial charge in [-0.25, -0.2) is 0 Å². The number of nitrogens with one attached hydrogen (secondary N) is 1. The van der Waals surface area contributed by atoms with Gasteiger partial charge in [0.2, 0.25) is 5.91 Å². The molecule has 2 heterocycles. The lowest BCUT2D eigenvalue weighted by Crippen LogP contribution is -2.48. The molecule has 0 radical (unpaired) electrons. The molecule has 2 unspecified atom stereocenters. The zero-order chi connectivity index (χ0) is 17.6. The van der Waals surface area contributed by atoms with Crippen LogP contribution in [0.3, 0.4) is 0 Å². The van der Waals surface area contributed by atoms with Crippen molar-refractivity contribution in [3.8, 4) is 5.75 Å². The summed E-state index contributed by atoms with van der Waals surface area (Å²) in [6, 6.07) is 7.71. The summed E-state index contributed by atoms with van der Waals surface area (Å²) in [5, 5.41) is 3.06. The van der Waals surface area contributed by atoms with E-state index in [1.165, 1.54) is 5.69 Å². The van der Waals surface area contributed by atoms with Gasteiger partial charge in [-0.2, -0.15) is 0 Å². The van der Waals surface area contributed by atoms with Crippen molar-refractivity contribution >= 4 is 11.6 Å². The molecule has 6 nitrogen and oxygen atoms in total. The Morgan fingerprint density at radius 3 is 2.96 bits per heavy atom. The molecule has 0 aliphatic carbocycles. The van der Waals surface area contributed by atoms with Gasteiger partial charge in [-0.3, -0.25) is 4.79 Å². The number of carbonyl (C=O) groups excluding carboxylic acids is 1. The SMILES string of the molecule is COc1cccc(N2CCC(CNC(=O)C(N)C3CCOCC3)C2)c1. The van der Waals surface area contributed by atoms with E-state index in [0.717, 1.165) is 38.1 Å². The Labute approximate surface area is 149 Å². The van der Waals surface area contributed by atoms with Crippen LogP contribution in [-0.4, -0.2) is 51.9 Å². The average molecular weight is 347 g/mol. The number of nitrogens with zero attached hydrogens (tertiary/aromatic N) is 1. The Morgan fingerprint density at radius 2 is 2.20 bits per heavy atom. The summed E-state index contributed by atoms with van der Waals surface area (Å²) >= 11 is 0. The minimum absolute atomic E-state index is 0.0215. The number of amides is 1. The summed E-state index contributed by atoms with van der Waals surface area (Å²) in [7, 11) is 1.68. The van der Waals surface area contributed by atoms with E-state index in [9.17, 15) is 4.79 Å². The number of methoxy groups -OCH3 is 1. The number of nitrogens with two attached hydrogens (primary N) is 1. The van der Waals surface area contributed by atoms with Gasteiger partial charge in [-0.1, -0.05) is 6.07 Å². The van der Waals surface area contributed by atoms with Gasteiger partial charge in [0.1, 0.15) is 5.75 Å². The molecule has 138 valence electrons. The number of benzene rings is 1. The largest absolute Gasteiger partial charge is 0.497 e. The van der Waals surface area contributed by atoms with E-state index in [-0.39, 0.29) is 11.8 Å². The van der Waals surface area contributed by atoms with Crippen LogP contribution in [0.2, 0.25) is 0 Å². The van der Waals surface area contributed by atoms with Gasteiger partial charge in [0.15, 0.2) is 0 Å². The first-order chi connectivity index (χ1) is 12.2. The highest BCUT2D eigenvalue weighted by atomic mass is 16.5. The third kappa shape index (κ3) is 4.64. The molecule has 0 aromatic heterocycles. The van der Waals surface area contributed by atoms with Crippen LogP contribution < -0.4 is 20.7 Å². The fraction of sp³-hybridized carbons (Fsp3) is 0.632. The molecule has 3 rings (SSSR count). The summed E-state index contributed by atoms with van der Waals surface area (Å²) in [4.78, 5) is 14.7. The molecule has 6 heteroatoms. The molecule has 0 bridgehead atoms. The predicted octanol–water partition coefficient (Wildman–Crippen LogP) is 1.39. The number of hydrogen-bond acceptors (Lipinski definition) is 5. The maximum absolute atomic E-state index is 12.3. The zero-order valence-electron chi connectivity index (χ0n) is 14.9. The Morgan fingerprint density at radius 1 is 1.40 bits per heavy atom. The standard InChI is InChI=1S/C19H29N3O3/c1-24-17-4-2-3-16(11-17)22-8-5-14(13-22)12-21-19(23)18(20)15-6-9-25-10-7-15/h2-4,11,14-15,18H,5-10,12-13,20H2,1H3,(H,21,23). The first-order valence-electron chi connectivity index (χ1n) is 9.17. The highest BCUT2D eigenvalue weighted by molar-refractivity contribution is 5.81. The van der Waals surface area contributed by atoms with Gasteiger partial charge in [0.05, 0.1) is 13.2 Å². The van der Waals surface area contributed by atoms with Crippen molar-refractivity contribution in [3.05, 3.63) is 24.3 Å². The number of ether oxygens (including phenoxy) is 2. The van der Waals surface area contributed by atoms with Crippen LogP contribution in [0.5, 0.6) is 5.75 Å². The Kier molecular flexibility index (Phi) is 6.15. The van der Waals surface area contributed by atoms with E-state index < -0.39 is 6.04 Å². The van der Waals surface area contributed by atoms with Gasteiger partial charge in [0.25, 0.3) is 0 Å². The average Bonchev–Trinajstić information content (AvgIpc) is 3.15. The summed E-state index contributed by atoms with van der Waals surface area (Å²) < 4.78 is 10.6. The Hall–Kier alpha value is -1.79. The maximum atomic E-state index is 12.3. The van der Waals surface area contributed by atoms with Gasteiger partial charge < -0.3 is 25.4 Å². The second kappa shape index (κ2) is 8.54. The number of carbonyl (C=O) groups is 1. The topological polar surface area (TPSA) is 76.8 Å². The van der Waals surface area contributed by atoms with Crippen molar-refractivity contribution in [2.24, 2.45) is 17.6 Å². The lowest BCUT2D eigenvalue weighted by Gasteiger charge is -2.27. The molecule has 2 aliphatic rings. The third-order valence-corrected chi connectivity index (χ3v) is 5.35. The van der Waals surface area contributed by atoms with Crippen LogP contribution in [0.1, 0.15) is 19.3 Å². The van der Waals surface area contributed by atoms with Crippen LogP contribution in [-0.2, 0) is 9.53 Å². The smallest absolute Gasteiger partial charge is 0.237 e. The summed E-state index contributed by atoms with van der Waals surface area (Å²) in [5.74, 6) is 1.55. The molecular formula is C19H29N3O3. The first-order valence-corrected chi connectivity index (χ1v) is 9.17. The lowest BCUT2D eigenvalue weighted by molar-refractivity contribution is -0.124. The second-order valence-electron chi connectivity index (χ2n) is 7.02. The lowest BCUT2D eigenvalue weighted by atomic mass is 9.92. The molecule has 0 spiro atoms. The minimum atomic E-state index is -0.417. The van der Waals surface area contributed by atoms with E-state index in [1.54, 1.807) is 7.11 Å². The van der Waals surface area contributed by atoms with Crippen LogP contribution in [0.15, 0.2) is 24.3 Å². The van der Waals surface area contributed by atoms with E-state index >= 15 is 0 Å². The van der Waals surface area contributed by atoms with Gasteiger partial charge in [-0.15, -0.1) is 0 Å². The number of rotatable bonds is 6. The van der Waals surface area contributed by atoms with Crippen molar-refractivity contribution in [2.45, 2.75) is 25.3 Å². The molecule has 3 N–H and O–H groups in total. The summed E-state index contributed by atoms with van der Waals surface area (Å²) in [6.45, 7) is 4.06. The highest BCUT2D eigenvalue weighted by Crippen LogP contribution is 2.26. The molecule has 2 aliphatic heterocycles. The Bertz CT molecular complexity index is 575. The van der Waals surface area contributed by atoms with Crippen LogP contribution >= 0.6 is 0 Å². The molecule has 2 atom stereocenters. The van der Waals surface area contributed by atoms with E-state index in [1.807, 2.05) is 12.1 Å². The van der Waals surface area contributed by atoms with Crippen molar-refractivity contribution in [3.63, 3.8) is 0 Å². The molecular weight excluding hydrogens is 318 g/mol. The van der Waals surface area contributed by atoms with Gasteiger partial charge in [0, 0.05) is 44.6 Å². The van der Waals surface area contributed by atoms with Gasteiger partial charge in [-0.05, 0) is 43.2 Å². The molecule has 1 aromatic rings. The molecule has 0 saturated carbocycles. The van der Waals surface area contributed by atoms with Crippen molar-refractivity contribution in [1.82, 2.24) is 5.32 Å². The highest BCUT2D eigenvalue weighted by Gasteiger charge is 2.28. The molecule has 2 fully saturated rings. The summed E-state index contributed by atoms with van der Waals surface area (Å²) in [6.07, 6.45) is 2.83. The van der Waals surface area contributed by atoms with Crippen molar-refractivity contribution in [1.29, 1.82) is 0 Å². The fourth-order valence-corrected chi connectivity index (χ4v) is 3.69. The van der Waals surface area contributed by atoms with Crippen molar-refractivity contribution in [2.75, 3.05) is 44.9 Å². The quantitative estimate of drug-likeness (QED) is 0.813. The molecule has 1 aromatic carbocycles. The van der Waals surface area contributed by atoms with E-state index in [4.69, 9.17) is 15.2 Å². The minimum Gasteiger partial charge on any atom is -0.497 e. The maximum Gasteiger partial charge on any atom is 0.237 e. The number of anilines is 1. The summed E-state index contributed by atoms with van der Waals surface area (Å²) in [5.41, 5.74) is 7.31.